The van der Waals surface area contributed by atoms with Crippen LogP contribution in [0.4, 0.5) is 0 Å². The van der Waals surface area contributed by atoms with E-state index in [1.165, 1.54) is 29.5 Å². The fourth-order valence-corrected chi connectivity index (χ4v) is 2.51. The van der Waals surface area contributed by atoms with Crippen molar-refractivity contribution in [2.45, 2.75) is 32.1 Å². The Morgan fingerprint density at radius 2 is 2.12 bits per heavy atom. The summed E-state index contributed by atoms with van der Waals surface area (Å²) in [6.07, 6.45) is 4.31. The van der Waals surface area contributed by atoms with Crippen molar-refractivity contribution in [1.29, 1.82) is 0 Å². The van der Waals surface area contributed by atoms with E-state index in [4.69, 9.17) is 0 Å². The maximum absolute atomic E-state index is 4.21. The van der Waals surface area contributed by atoms with E-state index < -0.39 is 0 Å². The fourth-order valence-electron chi connectivity index (χ4n) is 2.51. The second kappa shape index (κ2) is 4.36. The SMILES string of the molecule is C=N/C(=C\NC)C1(c2cc(C)ccc2C)CC1. The molecule has 0 bridgehead atoms. The van der Waals surface area contributed by atoms with Crippen LogP contribution in [0, 0.1) is 13.8 Å². The van der Waals surface area contributed by atoms with Gasteiger partial charge in [-0.05, 0) is 44.5 Å². The first-order valence-corrected chi connectivity index (χ1v) is 6.06. The van der Waals surface area contributed by atoms with Crippen LogP contribution >= 0.6 is 0 Å². The number of allylic oxidation sites excluding steroid dienone is 1. The Morgan fingerprint density at radius 1 is 1.41 bits per heavy atom. The van der Waals surface area contributed by atoms with E-state index in [2.05, 4.69) is 49.1 Å². The molecule has 0 unspecified atom stereocenters. The third kappa shape index (κ3) is 1.99. The number of hydrogen-bond donors (Lipinski definition) is 1. The van der Waals surface area contributed by atoms with Crippen LogP contribution in [0.2, 0.25) is 0 Å². The second-order valence-electron chi connectivity index (χ2n) is 4.88. The molecular formula is C15H20N2. The first-order chi connectivity index (χ1) is 8.14. The quantitative estimate of drug-likeness (QED) is 0.787. The number of nitrogens with zero attached hydrogens (tertiary/aromatic N) is 1. The molecule has 2 heteroatoms. The van der Waals surface area contributed by atoms with Crippen molar-refractivity contribution in [2.24, 2.45) is 4.99 Å². The number of benzene rings is 1. The standard InChI is InChI=1S/C15H20N2/c1-11-5-6-12(2)13(9-11)15(7-8-15)14(17-4)10-16-3/h5-6,9-10,16H,4,7-8H2,1-3H3/b14-10-. The Morgan fingerprint density at radius 3 is 2.65 bits per heavy atom. The van der Waals surface area contributed by atoms with Gasteiger partial charge in [0.2, 0.25) is 0 Å². The van der Waals surface area contributed by atoms with Crippen LogP contribution in [0.15, 0.2) is 35.1 Å². The highest BCUT2D eigenvalue weighted by molar-refractivity contribution is 5.49. The molecule has 0 radical (unpaired) electrons. The molecule has 90 valence electrons. The monoisotopic (exact) mass is 228 g/mol. The molecule has 0 spiro atoms. The smallest absolute Gasteiger partial charge is 0.0658 e. The van der Waals surface area contributed by atoms with Crippen molar-refractivity contribution >= 4 is 6.72 Å². The summed E-state index contributed by atoms with van der Waals surface area (Å²) >= 11 is 0. The molecule has 0 heterocycles. The van der Waals surface area contributed by atoms with Crippen molar-refractivity contribution in [2.75, 3.05) is 7.05 Å². The minimum absolute atomic E-state index is 0.112. The topological polar surface area (TPSA) is 24.4 Å². The van der Waals surface area contributed by atoms with Gasteiger partial charge >= 0.3 is 0 Å². The summed E-state index contributed by atoms with van der Waals surface area (Å²) < 4.78 is 0. The minimum Gasteiger partial charge on any atom is -0.392 e. The highest BCUT2D eigenvalue weighted by Crippen LogP contribution is 2.55. The summed E-state index contributed by atoms with van der Waals surface area (Å²) in [7, 11) is 1.91. The molecule has 0 amide bonds. The third-order valence-electron chi connectivity index (χ3n) is 3.60. The summed E-state index contributed by atoms with van der Waals surface area (Å²) in [5.41, 5.74) is 5.24. The zero-order valence-corrected chi connectivity index (χ0v) is 10.9. The lowest BCUT2D eigenvalue weighted by atomic mass is 9.88. The van der Waals surface area contributed by atoms with Crippen LogP contribution in [0.5, 0.6) is 0 Å². The first kappa shape index (κ1) is 11.9. The van der Waals surface area contributed by atoms with E-state index in [1.807, 2.05) is 13.2 Å². The predicted molar refractivity (Wildman–Crippen MR) is 73.5 cm³/mol. The van der Waals surface area contributed by atoms with Gasteiger partial charge in [0.05, 0.1) is 5.70 Å². The van der Waals surface area contributed by atoms with Crippen molar-refractivity contribution in [1.82, 2.24) is 5.32 Å². The molecule has 1 aliphatic carbocycles. The average Bonchev–Trinajstić information content (AvgIpc) is 3.10. The molecule has 1 fully saturated rings. The Labute approximate surface area is 103 Å². The van der Waals surface area contributed by atoms with Gasteiger partial charge in [-0.15, -0.1) is 0 Å². The molecule has 1 saturated carbocycles. The van der Waals surface area contributed by atoms with Gasteiger partial charge in [0.1, 0.15) is 0 Å². The lowest BCUT2D eigenvalue weighted by Gasteiger charge is -2.19. The molecule has 2 rings (SSSR count). The van der Waals surface area contributed by atoms with Crippen molar-refractivity contribution in [3.05, 3.63) is 46.8 Å². The average molecular weight is 228 g/mol. The normalized spacial score (nSPS) is 17.7. The van der Waals surface area contributed by atoms with Gasteiger partial charge in [-0.1, -0.05) is 23.8 Å². The van der Waals surface area contributed by atoms with Crippen LogP contribution in [0.1, 0.15) is 29.5 Å². The van der Waals surface area contributed by atoms with Gasteiger partial charge in [0.15, 0.2) is 0 Å². The highest BCUT2D eigenvalue weighted by atomic mass is 14.9. The van der Waals surface area contributed by atoms with Crippen molar-refractivity contribution in [3.8, 4) is 0 Å². The maximum Gasteiger partial charge on any atom is 0.0658 e. The zero-order valence-electron chi connectivity index (χ0n) is 10.9. The Kier molecular flexibility index (Phi) is 3.05. The number of nitrogens with one attached hydrogen (secondary N) is 1. The summed E-state index contributed by atoms with van der Waals surface area (Å²) in [4.78, 5) is 4.21. The Hall–Kier alpha value is -1.57. The van der Waals surface area contributed by atoms with Gasteiger partial charge in [-0.2, -0.15) is 0 Å². The molecule has 0 aromatic heterocycles. The summed E-state index contributed by atoms with van der Waals surface area (Å²) in [6, 6.07) is 6.65. The maximum atomic E-state index is 4.21. The highest BCUT2D eigenvalue weighted by Gasteiger charge is 2.48. The van der Waals surface area contributed by atoms with Crippen LogP contribution in [-0.4, -0.2) is 13.8 Å². The van der Waals surface area contributed by atoms with Crippen LogP contribution in [0.25, 0.3) is 0 Å². The molecular weight excluding hydrogens is 208 g/mol. The number of aliphatic imine (C=N–C) groups is 1. The van der Waals surface area contributed by atoms with E-state index in [-0.39, 0.29) is 5.41 Å². The predicted octanol–water partition coefficient (Wildman–Crippen LogP) is 3.10. The fraction of sp³-hybridized carbons (Fsp3) is 0.400. The summed E-state index contributed by atoms with van der Waals surface area (Å²) in [5.74, 6) is 0. The second-order valence-corrected chi connectivity index (χ2v) is 4.88. The molecule has 2 nitrogen and oxygen atoms in total. The number of rotatable bonds is 4. The van der Waals surface area contributed by atoms with Gasteiger partial charge < -0.3 is 5.32 Å². The molecule has 1 N–H and O–H groups in total. The Balaban J connectivity index is 2.48. The lowest BCUT2D eigenvalue weighted by Crippen LogP contribution is -2.13. The molecule has 0 aliphatic heterocycles. The molecule has 1 aromatic rings. The molecule has 1 aromatic carbocycles. The largest absolute Gasteiger partial charge is 0.392 e. The van der Waals surface area contributed by atoms with Crippen LogP contribution in [0.3, 0.4) is 0 Å². The van der Waals surface area contributed by atoms with E-state index >= 15 is 0 Å². The summed E-state index contributed by atoms with van der Waals surface area (Å²) in [6.45, 7) is 8.02. The molecule has 17 heavy (non-hydrogen) atoms. The lowest BCUT2D eigenvalue weighted by molar-refractivity contribution is 0.785. The van der Waals surface area contributed by atoms with Crippen LogP contribution in [-0.2, 0) is 5.41 Å². The summed E-state index contributed by atoms with van der Waals surface area (Å²) in [5, 5.41) is 3.07. The van der Waals surface area contributed by atoms with E-state index in [0.29, 0.717) is 0 Å². The van der Waals surface area contributed by atoms with Crippen molar-refractivity contribution in [3.63, 3.8) is 0 Å². The zero-order chi connectivity index (χ0) is 12.5. The number of hydrogen-bond acceptors (Lipinski definition) is 2. The minimum atomic E-state index is 0.112. The van der Waals surface area contributed by atoms with Gasteiger partial charge in [-0.3, -0.25) is 4.99 Å². The van der Waals surface area contributed by atoms with Gasteiger partial charge in [0.25, 0.3) is 0 Å². The van der Waals surface area contributed by atoms with E-state index in [0.717, 1.165) is 5.70 Å². The van der Waals surface area contributed by atoms with E-state index in [1.54, 1.807) is 0 Å². The van der Waals surface area contributed by atoms with Gasteiger partial charge in [0, 0.05) is 18.7 Å². The van der Waals surface area contributed by atoms with Crippen LogP contribution < -0.4 is 5.32 Å². The van der Waals surface area contributed by atoms with Gasteiger partial charge in [-0.25, -0.2) is 0 Å². The first-order valence-electron chi connectivity index (χ1n) is 6.06. The van der Waals surface area contributed by atoms with E-state index in [9.17, 15) is 0 Å². The molecule has 0 saturated heterocycles. The molecule has 1 aliphatic rings. The molecule has 0 atom stereocenters. The number of aryl methyl sites for hydroxylation is 2. The van der Waals surface area contributed by atoms with Crippen molar-refractivity contribution < 1.29 is 0 Å². The Bertz CT molecular complexity index is 468. The third-order valence-corrected chi connectivity index (χ3v) is 3.60.